The van der Waals surface area contributed by atoms with Crippen molar-refractivity contribution in [2.75, 3.05) is 33.9 Å². The Morgan fingerprint density at radius 3 is 2.57 bits per heavy atom. The maximum Gasteiger partial charge on any atom is 0.194 e. The third kappa shape index (κ3) is 5.93. The molecule has 0 radical (unpaired) electrons. The molecule has 2 aromatic carbocycles. The van der Waals surface area contributed by atoms with Crippen molar-refractivity contribution >= 4 is 29.9 Å². The molecule has 152 valence electrons. The summed E-state index contributed by atoms with van der Waals surface area (Å²) in [5, 5.41) is 3.48. The van der Waals surface area contributed by atoms with E-state index >= 15 is 0 Å². The molecule has 2 aromatic rings. The molecule has 1 unspecified atom stereocenters. The summed E-state index contributed by atoms with van der Waals surface area (Å²) < 4.78 is 11.2. The topological polar surface area (TPSA) is 46.1 Å². The quantitative estimate of drug-likeness (QED) is 0.388. The molecule has 1 N–H and O–H groups in total. The number of nitrogens with zero attached hydrogens (tertiary/aromatic N) is 2. The predicted molar refractivity (Wildman–Crippen MR) is 124 cm³/mol. The Bertz CT molecular complexity index is 765. The first-order valence-corrected chi connectivity index (χ1v) is 9.40. The first-order valence-electron chi connectivity index (χ1n) is 9.40. The Balaban J connectivity index is 0.00000280. The molecule has 1 atom stereocenters. The van der Waals surface area contributed by atoms with Crippen LogP contribution in [0.2, 0.25) is 0 Å². The van der Waals surface area contributed by atoms with Crippen LogP contribution in [0.1, 0.15) is 28.4 Å². The van der Waals surface area contributed by atoms with Gasteiger partial charge < -0.3 is 19.7 Å². The summed E-state index contributed by atoms with van der Waals surface area (Å²) in [5.74, 6) is 0.915. The third-order valence-corrected chi connectivity index (χ3v) is 4.90. The third-order valence-electron chi connectivity index (χ3n) is 4.90. The summed E-state index contributed by atoms with van der Waals surface area (Å²) in [4.78, 5) is 6.76. The van der Waals surface area contributed by atoms with E-state index in [1.54, 1.807) is 7.11 Å². The van der Waals surface area contributed by atoms with Gasteiger partial charge >= 0.3 is 0 Å². The second kappa shape index (κ2) is 11.4. The number of hydrogen-bond donors (Lipinski definition) is 1. The van der Waals surface area contributed by atoms with Gasteiger partial charge in [-0.25, -0.2) is 0 Å². The van der Waals surface area contributed by atoms with E-state index in [4.69, 9.17) is 9.47 Å². The minimum atomic E-state index is 0. The lowest BCUT2D eigenvalue weighted by Crippen LogP contribution is -2.48. The average molecular weight is 495 g/mol. The van der Waals surface area contributed by atoms with Gasteiger partial charge in [-0.2, -0.15) is 0 Å². The van der Waals surface area contributed by atoms with Crippen molar-refractivity contribution in [1.82, 2.24) is 10.2 Å². The Morgan fingerprint density at radius 2 is 1.89 bits per heavy atom. The number of halogens is 1. The van der Waals surface area contributed by atoms with Crippen LogP contribution in [-0.4, -0.2) is 44.7 Å². The van der Waals surface area contributed by atoms with E-state index in [1.807, 2.05) is 7.05 Å². The van der Waals surface area contributed by atoms with Crippen LogP contribution in [0.4, 0.5) is 0 Å². The van der Waals surface area contributed by atoms with Gasteiger partial charge in [0, 0.05) is 27.2 Å². The van der Waals surface area contributed by atoms with Gasteiger partial charge in [-0.15, -0.1) is 24.0 Å². The maximum absolute atomic E-state index is 6.03. The van der Waals surface area contributed by atoms with E-state index in [0.29, 0.717) is 13.2 Å². The number of hydrogen-bond acceptors (Lipinski definition) is 3. The fourth-order valence-corrected chi connectivity index (χ4v) is 3.41. The van der Waals surface area contributed by atoms with Crippen molar-refractivity contribution in [3.63, 3.8) is 0 Å². The summed E-state index contributed by atoms with van der Waals surface area (Å²) in [6, 6.07) is 16.9. The van der Waals surface area contributed by atoms with E-state index in [0.717, 1.165) is 25.6 Å². The molecule has 0 spiro atoms. The lowest BCUT2D eigenvalue weighted by atomic mass is 10.0. The molecule has 0 saturated carbocycles. The molecular formula is C22H30IN3O2. The van der Waals surface area contributed by atoms with Crippen LogP contribution in [0.25, 0.3) is 0 Å². The summed E-state index contributed by atoms with van der Waals surface area (Å²) in [6.07, 6.45) is 0.0758. The van der Waals surface area contributed by atoms with Gasteiger partial charge in [-0.1, -0.05) is 48.5 Å². The van der Waals surface area contributed by atoms with E-state index < -0.39 is 0 Å². The number of aliphatic imine (C=N–C) groups is 1. The Labute approximate surface area is 185 Å². The number of aryl methyl sites for hydroxylation is 1. The molecule has 1 saturated heterocycles. The highest BCUT2D eigenvalue weighted by molar-refractivity contribution is 14.0. The smallest absolute Gasteiger partial charge is 0.194 e. The summed E-state index contributed by atoms with van der Waals surface area (Å²) in [5.41, 5.74) is 4.93. The van der Waals surface area contributed by atoms with Crippen LogP contribution < -0.4 is 5.32 Å². The molecule has 5 nitrogen and oxygen atoms in total. The molecule has 1 heterocycles. The number of methoxy groups -OCH3 is 1. The highest BCUT2D eigenvalue weighted by atomic mass is 127. The summed E-state index contributed by atoms with van der Waals surface area (Å²) in [6.45, 7) is 5.87. The number of guanidine groups is 1. The highest BCUT2D eigenvalue weighted by Gasteiger charge is 2.25. The molecule has 0 amide bonds. The van der Waals surface area contributed by atoms with Gasteiger partial charge in [-0.05, 0) is 29.2 Å². The molecule has 0 aliphatic carbocycles. The summed E-state index contributed by atoms with van der Waals surface area (Å²) >= 11 is 0. The molecule has 0 aromatic heterocycles. The average Bonchev–Trinajstić information content (AvgIpc) is 2.70. The number of morpholine rings is 1. The highest BCUT2D eigenvalue weighted by Crippen LogP contribution is 2.25. The molecule has 0 bridgehead atoms. The van der Waals surface area contributed by atoms with Crippen LogP contribution in [-0.2, 0) is 22.6 Å². The number of nitrogens with one attached hydrogen (secondary N) is 1. The minimum Gasteiger partial charge on any atom is -0.380 e. The van der Waals surface area contributed by atoms with Gasteiger partial charge in [-0.3, -0.25) is 4.99 Å². The zero-order chi connectivity index (χ0) is 19.1. The molecule has 1 aliphatic rings. The number of rotatable bonds is 5. The SMILES string of the molecule is CN=C(NCc1ccc(COC)cc1)N1CCOC(c2ccccc2C)C1.I. The number of ether oxygens (including phenoxy) is 2. The molecule has 1 aliphatic heterocycles. The zero-order valence-electron chi connectivity index (χ0n) is 16.9. The van der Waals surface area contributed by atoms with Crippen LogP contribution in [0.3, 0.4) is 0 Å². The molecule has 28 heavy (non-hydrogen) atoms. The normalized spacial score (nSPS) is 17.2. The van der Waals surface area contributed by atoms with Crippen LogP contribution >= 0.6 is 24.0 Å². The van der Waals surface area contributed by atoms with Crippen LogP contribution in [0.5, 0.6) is 0 Å². The molecule has 1 fully saturated rings. The van der Waals surface area contributed by atoms with Crippen molar-refractivity contribution in [3.8, 4) is 0 Å². The van der Waals surface area contributed by atoms with Gasteiger partial charge in [0.25, 0.3) is 0 Å². The van der Waals surface area contributed by atoms with Gasteiger partial charge in [0.15, 0.2) is 5.96 Å². The first kappa shape index (κ1) is 22.6. The Morgan fingerprint density at radius 1 is 1.18 bits per heavy atom. The minimum absolute atomic E-state index is 0. The van der Waals surface area contributed by atoms with E-state index in [1.165, 1.54) is 22.3 Å². The van der Waals surface area contributed by atoms with E-state index in [2.05, 4.69) is 70.7 Å². The van der Waals surface area contributed by atoms with Gasteiger partial charge in [0.05, 0.1) is 19.8 Å². The fourth-order valence-electron chi connectivity index (χ4n) is 3.41. The Hall–Kier alpha value is -1.64. The zero-order valence-corrected chi connectivity index (χ0v) is 19.2. The molecule has 3 rings (SSSR count). The van der Waals surface area contributed by atoms with Crippen molar-refractivity contribution in [1.29, 1.82) is 0 Å². The monoisotopic (exact) mass is 495 g/mol. The first-order chi connectivity index (χ1) is 13.2. The summed E-state index contributed by atoms with van der Waals surface area (Å²) in [7, 11) is 3.55. The van der Waals surface area contributed by atoms with Gasteiger partial charge in [0.1, 0.15) is 6.10 Å². The lowest BCUT2D eigenvalue weighted by molar-refractivity contribution is -0.00833. The second-order valence-corrected chi connectivity index (χ2v) is 6.81. The van der Waals surface area contributed by atoms with Crippen LogP contribution in [0, 0.1) is 6.92 Å². The second-order valence-electron chi connectivity index (χ2n) is 6.81. The largest absolute Gasteiger partial charge is 0.380 e. The van der Waals surface area contributed by atoms with Gasteiger partial charge in [0.2, 0.25) is 0 Å². The standard InChI is InChI=1S/C22H29N3O2.HI/c1-17-6-4-5-7-20(17)21-15-25(12-13-27-21)22(23-2)24-14-18-8-10-19(11-9-18)16-26-3;/h4-11,21H,12-16H2,1-3H3,(H,23,24);1H. The predicted octanol–water partition coefficient (Wildman–Crippen LogP) is 3.91. The number of benzene rings is 2. The molecule has 6 heteroatoms. The fraction of sp³-hybridized carbons (Fsp3) is 0.409. The Kier molecular flexibility index (Phi) is 9.21. The van der Waals surface area contributed by atoms with Crippen LogP contribution in [0.15, 0.2) is 53.5 Å². The maximum atomic E-state index is 6.03. The van der Waals surface area contributed by atoms with E-state index in [-0.39, 0.29) is 30.1 Å². The van der Waals surface area contributed by atoms with Crippen molar-refractivity contribution in [2.24, 2.45) is 4.99 Å². The van der Waals surface area contributed by atoms with Crippen molar-refractivity contribution in [3.05, 3.63) is 70.8 Å². The molecular weight excluding hydrogens is 465 g/mol. The lowest BCUT2D eigenvalue weighted by Gasteiger charge is -2.35. The van der Waals surface area contributed by atoms with E-state index in [9.17, 15) is 0 Å². The van der Waals surface area contributed by atoms with Crippen molar-refractivity contribution < 1.29 is 9.47 Å². The van der Waals surface area contributed by atoms with Crippen molar-refractivity contribution in [2.45, 2.75) is 26.2 Å².